The van der Waals surface area contributed by atoms with Crippen molar-refractivity contribution in [2.45, 2.75) is 33.1 Å². The lowest BCUT2D eigenvalue weighted by molar-refractivity contribution is -0.118. The molecule has 0 spiro atoms. The highest BCUT2D eigenvalue weighted by atomic mass is 79.9. The first-order valence-corrected chi connectivity index (χ1v) is 9.26. The Morgan fingerprint density at radius 3 is 2.73 bits per heavy atom. The number of fused-ring (bicyclic) bond motifs is 1. The second-order valence-corrected chi connectivity index (χ2v) is 7.75. The molecule has 2 heterocycles. The van der Waals surface area contributed by atoms with Gasteiger partial charge in [0.25, 0.3) is 5.56 Å². The van der Waals surface area contributed by atoms with Crippen molar-refractivity contribution in [1.82, 2.24) is 4.98 Å². The third-order valence-corrected chi connectivity index (χ3v) is 5.03. The van der Waals surface area contributed by atoms with E-state index in [1.54, 1.807) is 29.3 Å². The van der Waals surface area contributed by atoms with E-state index in [0.29, 0.717) is 22.1 Å². The van der Waals surface area contributed by atoms with Gasteiger partial charge in [-0.15, -0.1) is 0 Å². The number of rotatable bonds is 3. The maximum Gasteiger partial charge on any atom is 0.254 e. The summed E-state index contributed by atoms with van der Waals surface area (Å²) in [4.78, 5) is 29.6. The first kappa shape index (κ1) is 18.6. The molecule has 0 saturated carbocycles. The Hall–Kier alpha value is -2.21. The van der Waals surface area contributed by atoms with Crippen LogP contribution in [0.4, 0.5) is 10.1 Å². The van der Waals surface area contributed by atoms with Crippen LogP contribution in [-0.2, 0) is 4.79 Å². The number of nitrogens with one attached hydrogen (secondary N) is 1. The Morgan fingerprint density at radius 1 is 1.35 bits per heavy atom. The number of aromatic amines is 1. The van der Waals surface area contributed by atoms with Gasteiger partial charge in [-0.2, -0.15) is 0 Å². The lowest BCUT2D eigenvalue weighted by Crippen LogP contribution is -2.36. The molecule has 2 aromatic rings. The lowest BCUT2D eigenvalue weighted by atomic mass is 9.87. The molecule has 136 valence electrons. The molecule has 0 fully saturated rings. The minimum Gasteiger partial charge on any atom is -0.329 e. The fraction of sp³-hybridized carbons (Fsp3) is 0.300. The van der Waals surface area contributed by atoms with Crippen LogP contribution in [0.5, 0.6) is 0 Å². The molecule has 0 radical (unpaired) electrons. The second kappa shape index (κ2) is 7.19. The van der Waals surface area contributed by atoms with Crippen LogP contribution in [0.15, 0.2) is 51.5 Å². The summed E-state index contributed by atoms with van der Waals surface area (Å²) in [5.74, 6) is -0.540. The molecule has 1 aliphatic rings. The van der Waals surface area contributed by atoms with E-state index in [-0.39, 0.29) is 29.1 Å². The van der Waals surface area contributed by atoms with Crippen LogP contribution in [0, 0.1) is 11.7 Å². The number of amides is 1. The van der Waals surface area contributed by atoms with Crippen LogP contribution in [0.3, 0.4) is 0 Å². The van der Waals surface area contributed by atoms with E-state index in [0.717, 1.165) is 11.3 Å². The van der Waals surface area contributed by atoms with Crippen molar-refractivity contribution < 1.29 is 9.18 Å². The topological polar surface area (TPSA) is 53.2 Å². The van der Waals surface area contributed by atoms with Gasteiger partial charge < -0.3 is 4.98 Å². The van der Waals surface area contributed by atoms with Crippen LogP contribution >= 0.6 is 15.9 Å². The Labute approximate surface area is 159 Å². The smallest absolute Gasteiger partial charge is 0.254 e. The lowest BCUT2D eigenvalue weighted by Gasteiger charge is -2.33. The molecule has 0 aliphatic carbocycles. The quantitative estimate of drug-likeness (QED) is 0.784. The molecule has 4 nitrogen and oxygen atoms in total. The largest absolute Gasteiger partial charge is 0.329 e. The van der Waals surface area contributed by atoms with Gasteiger partial charge in [0, 0.05) is 24.2 Å². The zero-order valence-electron chi connectivity index (χ0n) is 14.8. The van der Waals surface area contributed by atoms with Gasteiger partial charge in [-0.05, 0) is 52.5 Å². The summed E-state index contributed by atoms with van der Waals surface area (Å²) in [5, 5.41) is 0. The highest BCUT2D eigenvalue weighted by molar-refractivity contribution is 9.10. The van der Waals surface area contributed by atoms with Gasteiger partial charge in [0.15, 0.2) is 0 Å². The number of hydrogen-bond acceptors (Lipinski definition) is 2. The van der Waals surface area contributed by atoms with Crippen LogP contribution in [0.1, 0.15) is 44.2 Å². The molecule has 1 unspecified atom stereocenters. The summed E-state index contributed by atoms with van der Waals surface area (Å²) < 4.78 is 14.0. The maximum atomic E-state index is 13.6. The number of anilines is 1. The number of benzene rings is 1. The molecule has 0 saturated heterocycles. The van der Waals surface area contributed by atoms with Crippen LogP contribution in [0.25, 0.3) is 0 Å². The Morgan fingerprint density at radius 2 is 2.08 bits per heavy atom. The van der Waals surface area contributed by atoms with Crippen molar-refractivity contribution >= 4 is 27.5 Å². The summed E-state index contributed by atoms with van der Waals surface area (Å²) in [7, 11) is 0. The first-order valence-electron chi connectivity index (χ1n) is 8.47. The SMILES string of the molecule is CC1=CC(c2ccc(F)c(Br)c2)c2c(cc[nH]c2=O)N1C(=O)CC(C)C. The number of carbonyl (C=O) groups is 1. The van der Waals surface area contributed by atoms with Gasteiger partial charge in [-0.1, -0.05) is 26.0 Å². The fourth-order valence-electron chi connectivity index (χ4n) is 3.31. The minimum absolute atomic E-state index is 0.0423. The number of nitrogens with zero attached hydrogens (tertiary/aromatic N) is 1. The molecule has 1 aromatic carbocycles. The number of aromatic nitrogens is 1. The number of hydrogen-bond donors (Lipinski definition) is 1. The van der Waals surface area contributed by atoms with Crippen molar-refractivity contribution in [2.75, 3.05) is 4.90 Å². The zero-order valence-corrected chi connectivity index (χ0v) is 16.4. The summed E-state index contributed by atoms with van der Waals surface area (Å²) in [6, 6.07) is 6.45. The van der Waals surface area contributed by atoms with Crippen molar-refractivity contribution in [1.29, 1.82) is 0 Å². The molecule has 1 N–H and O–H groups in total. The average molecular weight is 419 g/mol. The predicted molar refractivity (Wildman–Crippen MR) is 104 cm³/mol. The Bertz CT molecular complexity index is 949. The van der Waals surface area contributed by atoms with E-state index >= 15 is 0 Å². The van der Waals surface area contributed by atoms with Gasteiger partial charge >= 0.3 is 0 Å². The van der Waals surface area contributed by atoms with Crippen molar-refractivity contribution in [2.24, 2.45) is 5.92 Å². The molecule has 1 atom stereocenters. The third kappa shape index (κ3) is 3.38. The Kier molecular flexibility index (Phi) is 5.14. The maximum absolute atomic E-state index is 13.6. The van der Waals surface area contributed by atoms with E-state index in [1.165, 1.54) is 6.07 Å². The van der Waals surface area contributed by atoms with Crippen molar-refractivity contribution in [3.8, 4) is 0 Å². The molecule has 1 aliphatic heterocycles. The highest BCUT2D eigenvalue weighted by Crippen LogP contribution is 2.39. The number of H-pyrrole nitrogens is 1. The van der Waals surface area contributed by atoms with Gasteiger partial charge in [0.2, 0.25) is 5.91 Å². The standard InChI is InChI=1S/C20H20BrFN2O2/c1-11(2)8-18(25)24-12(3)9-14(13-4-5-16(22)15(21)10-13)19-17(24)6-7-23-20(19)26/h4-7,9-11,14H,8H2,1-3H3,(H,23,26). The molecule has 0 bridgehead atoms. The summed E-state index contributed by atoms with van der Waals surface area (Å²) in [6.07, 6.45) is 3.83. The first-order chi connectivity index (χ1) is 12.3. The molecular weight excluding hydrogens is 399 g/mol. The van der Waals surface area contributed by atoms with Gasteiger partial charge in [-0.3, -0.25) is 14.5 Å². The summed E-state index contributed by atoms with van der Waals surface area (Å²) >= 11 is 3.20. The van der Waals surface area contributed by atoms with Crippen molar-refractivity contribution in [3.63, 3.8) is 0 Å². The zero-order chi connectivity index (χ0) is 19.0. The summed E-state index contributed by atoms with van der Waals surface area (Å²) in [5.41, 5.74) is 2.38. The normalized spacial score (nSPS) is 16.5. The molecule has 3 rings (SSSR count). The van der Waals surface area contributed by atoms with E-state index in [2.05, 4.69) is 20.9 Å². The van der Waals surface area contributed by atoms with Gasteiger partial charge in [0.05, 0.1) is 15.7 Å². The van der Waals surface area contributed by atoms with E-state index in [9.17, 15) is 14.0 Å². The summed E-state index contributed by atoms with van der Waals surface area (Å²) in [6.45, 7) is 5.82. The third-order valence-electron chi connectivity index (χ3n) is 4.42. The highest BCUT2D eigenvalue weighted by Gasteiger charge is 2.31. The van der Waals surface area contributed by atoms with Crippen LogP contribution in [0.2, 0.25) is 0 Å². The van der Waals surface area contributed by atoms with Crippen molar-refractivity contribution in [3.05, 3.63) is 74.0 Å². The number of halogens is 2. The average Bonchev–Trinajstić information content (AvgIpc) is 2.56. The predicted octanol–water partition coefficient (Wildman–Crippen LogP) is 4.70. The Balaban J connectivity index is 2.16. The van der Waals surface area contributed by atoms with E-state index in [4.69, 9.17) is 0 Å². The monoisotopic (exact) mass is 418 g/mol. The van der Waals surface area contributed by atoms with E-state index in [1.807, 2.05) is 26.8 Å². The van der Waals surface area contributed by atoms with Crippen LogP contribution in [-0.4, -0.2) is 10.9 Å². The second-order valence-electron chi connectivity index (χ2n) is 6.89. The molecule has 1 amide bonds. The number of carbonyl (C=O) groups excluding carboxylic acids is 1. The number of pyridine rings is 1. The number of allylic oxidation sites excluding steroid dienone is 2. The molecule has 1 aromatic heterocycles. The van der Waals surface area contributed by atoms with E-state index < -0.39 is 0 Å². The van der Waals surface area contributed by atoms with Gasteiger partial charge in [0.1, 0.15) is 5.82 Å². The van der Waals surface area contributed by atoms with Gasteiger partial charge in [-0.25, -0.2) is 4.39 Å². The minimum atomic E-state index is -0.360. The fourth-order valence-corrected chi connectivity index (χ4v) is 3.70. The van der Waals surface area contributed by atoms with Crippen LogP contribution < -0.4 is 10.5 Å². The molecule has 26 heavy (non-hydrogen) atoms. The molecule has 6 heteroatoms. The molecular formula is C20H20BrFN2O2.